The summed E-state index contributed by atoms with van der Waals surface area (Å²) >= 11 is 0. The molecule has 0 radical (unpaired) electrons. The molecule has 1 aliphatic heterocycles. The molecule has 1 fully saturated rings. The van der Waals surface area contributed by atoms with E-state index in [4.69, 9.17) is 0 Å². The summed E-state index contributed by atoms with van der Waals surface area (Å²) in [7, 11) is 0. The molecular formula is C16H17N3O. The number of para-hydroxylation sites is 2. The van der Waals surface area contributed by atoms with Crippen LogP contribution in [0.4, 0.5) is 11.4 Å². The molecule has 0 spiro atoms. The summed E-state index contributed by atoms with van der Waals surface area (Å²) in [4.78, 5) is 17.8. The quantitative estimate of drug-likeness (QED) is 0.926. The van der Waals surface area contributed by atoms with Crippen LogP contribution >= 0.6 is 0 Å². The molecule has 2 heterocycles. The number of amides is 1. The molecule has 1 N–H and O–H groups in total. The number of aromatic nitrogens is 1. The van der Waals surface area contributed by atoms with Gasteiger partial charge in [-0.25, -0.2) is 0 Å². The standard InChI is InChI=1S/C16H17N3O/c20-16-6-3-11-19(16)15-5-2-1-4-14(15)18-12-13-7-9-17-10-8-13/h1-2,4-5,7-10,18H,3,6,11-12H2. The van der Waals surface area contributed by atoms with E-state index in [0.717, 1.165) is 30.9 Å². The fraction of sp³-hybridized carbons (Fsp3) is 0.250. The normalized spacial score (nSPS) is 14.6. The summed E-state index contributed by atoms with van der Waals surface area (Å²) in [6.07, 6.45) is 5.16. The van der Waals surface area contributed by atoms with Gasteiger partial charge in [0.1, 0.15) is 0 Å². The van der Waals surface area contributed by atoms with Crippen molar-refractivity contribution in [3.8, 4) is 0 Å². The van der Waals surface area contributed by atoms with E-state index < -0.39 is 0 Å². The second-order valence-corrected chi connectivity index (χ2v) is 4.88. The van der Waals surface area contributed by atoms with E-state index in [-0.39, 0.29) is 5.91 Å². The van der Waals surface area contributed by atoms with Crippen molar-refractivity contribution >= 4 is 17.3 Å². The average molecular weight is 267 g/mol. The zero-order valence-corrected chi connectivity index (χ0v) is 11.2. The Balaban J connectivity index is 1.78. The van der Waals surface area contributed by atoms with Crippen molar-refractivity contribution in [3.63, 3.8) is 0 Å². The maximum absolute atomic E-state index is 11.9. The number of pyridine rings is 1. The Kier molecular flexibility index (Phi) is 3.63. The minimum absolute atomic E-state index is 0.211. The summed E-state index contributed by atoms with van der Waals surface area (Å²) in [6, 6.07) is 11.9. The molecule has 0 unspecified atom stereocenters. The molecule has 1 saturated heterocycles. The number of anilines is 2. The fourth-order valence-corrected chi connectivity index (χ4v) is 2.46. The molecule has 1 aromatic carbocycles. The summed E-state index contributed by atoms with van der Waals surface area (Å²) < 4.78 is 0. The van der Waals surface area contributed by atoms with Crippen LogP contribution in [0.15, 0.2) is 48.8 Å². The van der Waals surface area contributed by atoms with Crippen molar-refractivity contribution < 1.29 is 4.79 Å². The summed E-state index contributed by atoms with van der Waals surface area (Å²) in [5.41, 5.74) is 3.14. The molecule has 1 amide bonds. The van der Waals surface area contributed by atoms with Gasteiger partial charge in [0.25, 0.3) is 0 Å². The Bertz CT molecular complexity index is 598. The first-order chi connectivity index (χ1) is 9.84. The summed E-state index contributed by atoms with van der Waals surface area (Å²) in [5, 5.41) is 3.41. The van der Waals surface area contributed by atoms with Crippen LogP contribution in [0.25, 0.3) is 0 Å². The number of benzene rings is 1. The van der Waals surface area contributed by atoms with Crippen LogP contribution in [0.1, 0.15) is 18.4 Å². The number of hydrogen-bond donors (Lipinski definition) is 1. The Hall–Kier alpha value is -2.36. The predicted molar refractivity (Wildman–Crippen MR) is 79.6 cm³/mol. The molecule has 0 saturated carbocycles. The molecule has 3 rings (SSSR count). The third-order valence-electron chi connectivity index (χ3n) is 3.50. The van der Waals surface area contributed by atoms with Crippen molar-refractivity contribution in [2.24, 2.45) is 0 Å². The lowest BCUT2D eigenvalue weighted by atomic mass is 10.2. The molecule has 0 bridgehead atoms. The van der Waals surface area contributed by atoms with Gasteiger partial charge in [-0.3, -0.25) is 9.78 Å². The third kappa shape index (κ3) is 2.64. The first-order valence-electron chi connectivity index (χ1n) is 6.87. The van der Waals surface area contributed by atoms with Crippen LogP contribution in [0, 0.1) is 0 Å². The lowest BCUT2D eigenvalue weighted by Gasteiger charge is -2.20. The highest BCUT2D eigenvalue weighted by Crippen LogP contribution is 2.29. The van der Waals surface area contributed by atoms with Gasteiger partial charge >= 0.3 is 0 Å². The van der Waals surface area contributed by atoms with Crippen LogP contribution in [0.2, 0.25) is 0 Å². The van der Waals surface area contributed by atoms with Crippen LogP contribution in [0.5, 0.6) is 0 Å². The highest BCUT2D eigenvalue weighted by atomic mass is 16.2. The van der Waals surface area contributed by atoms with E-state index in [0.29, 0.717) is 6.42 Å². The molecular weight excluding hydrogens is 250 g/mol. The molecule has 20 heavy (non-hydrogen) atoms. The maximum atomic E-state index is 11.9. The largest absolute Gasteiger partial charge is 0.379 e. The van der Waals surface area contributed by atoms with Gasteiger partial charge in [0.05, 0.1) is 11.4 Å². The second kappa shape index (κ2) is 5.74. The zero-order valence-electron chi connectivity index (χ0n) is 11.2. The molecule has 0 atom stereocenters. The van der Waals surface area contributed by atoms with E-state index in [1.165, 1.54) is 5.56 Å². The number of nitrogens with one attached hydrogen (secondary N) is 1. The average Bonchev–Trinajstić information content (AvgIpc) is 2.92. The molecule has 1 aromatic heterocycles. The zero-order chi connectivity index (χ0) is 13.8. The monoisotopic (exact) mass is 267 g/mol. The Morgan fingerprint density at radius 1 is 1.15 bits per heavy atom. The first-order valence-corrected chi connectivity index (χ1v) is 6.87. The number of hydrogen-bond acceptors (Lipinski definition) is 3. The van der Waals surface area contributed by atoms with Gasteiger partial charge in [-0.1, -0.05) is 12.1 Å². The predicted octanol–water partition coefficient (Wildman–Crippen LogP) is 2.82. The number of carbonyl (C=O) groups is 1. The van der Waals surface area contributed by atoms with Crippen LogP contribution in [-0.4, -0.2) is 17.4 Å². The minimum Gasteiger partial charge on any atom is -0.379 e. The van der Waals surface area contributed by atoms with Gasteiger partial charge < -0.3 is 10.2 Å². The summed E-state index contributed by atoms with van der Waals surface area (Å²) in [5.74, 6) is 0.211. The van der Waals surface area contributed by atoms with Crippen LogP contribution in [0.3, 0.4) is 0 Å². The smallest absolute Gasteiger partial charge is 0.227 e. The van der Waals surface area contributed by atoms with Gasteiger partial charge in [0.2, 0.25) is 5.91 Å². The lowest BCUT2D eigenvalue weighted by molar-refractivity contribution is -0.117. The van der Waals surface area contributed by atoms with Crippen molar-refractivity contribution in [2.45, 2.75) is 19.4 Å². The van der Waals surface area contributed by atoms with Gasteiger partial charge in [0.15, 0.2) is 0 Å². The topological polar surface area (TPSA) is 45.2 Å². The Morgan fingerprint density at radius 2 is 1.95 bits per heavy atom. The molecule has 0 aliphatic carbocycles. The molecule has 4 nitrogen and oxygen atoms in total. The van der Waals surface area contributed by atoms with Gasteiger partial charge in [0, 0.05) is 31.9 Å². The number of nitrogens with zero attached hydrogens (tertiary/aromatic N) is 2. The second-order valence-electron chi connectivity index (χ2n) is 4.88. The highest BCUT2D eigenvalue weighted by Gasteiger charge is 2.23. The SMILES string of the molecule is O=C1CCCN1c1ccccc1NCc1ccncc1. The maximum Gasteiger partial charge on any atom is 0.227 e. The van der Waals surface area contributed by atoms with Gasteiger partial charge in [-0.2, -0.15) is 0 Å². The minimum atomic E-state index is 0.211. The van der Waals surface area contributed by atoms with Crippen molar-refractivity contribution in [3.05, 3.63) is 54.4 Å². The van der Waals surface area contributed by atoms with Crippen LogP contribution in [-0.2, 0) is 11.3 Å². The number of carbonyl (C=O) groups excluding carboxylic acids is 1. The van der Waals surface area contributed by atoms with Crippen molar-refractivity contribution in [1.29, 1.82) is 0 Å². The van der Waals surface area contributed by atoms with Gasteiger partial charge in [-0.15, -0.1) is 0 Å². The lowest BCUT2D eigenvalue weighted by Crippen LogP contribution is -2.24. The molecule has 4 heteroatoms. The van der Waals surface area contributed by atoms with Crippen LogP contribution < -0.4 is 10.2 Å². The van der Waals surface area contributed by atoms with Crippen molar-refractivity contribution in [1.82, 2.24) is 4.98 Å². The summed E-state index contributed by atoms with van der Waals surface area (Å²) in [6.45, 7) is 1.54. The fourth-order valence-electron chi connectivity index (χ4n) is 2.46. The molecule has 1 aliphatic rings. The highest BCUT2D eigenvalue weighted by molar-refractivity contribution is 5.98. The molecule has 102 valence electrons. The van der Waals surface area contributed by atoms with E-state index in [2.05, 4.69) is 10.3 Å². The van der Waals surface area contributed by atoms with Gasteiger partial charge in [-0.05, 0) is 36.2 Å². The van der Waals surface area contributed by atoms with E-state index in [9.17, 15) is 4.79 Å². The van der Waals surface area contributed by atoms with E-state index in [1.807, 2.05) is 41.3 Å². The van der Waals surface area contributed by atoms with E-state index in [1.54, 1.807) is 12.4 Å². The number of rotatable bonds is 4. The van der Waals surface area contributed by atoms with E-state index >= 15 is 0 Å². The molecule has 2 aromatic rings. The Labute approximate surface area is 118 Å². The Morgan fingerprint density at radius 3 is 2.70 bits per heavy atom. The third-order valence-corrected chi connectivity index (χ3v) is 3.50. The first kappa shape index (κ1) is 12.7. The van der Waals surface area contributed by atoms with Crippen molar-refractivity contribution in [2.75, 3.05) is 16.8 Å².